The fraction of sp³-hybridized carbons (Fsp3) is 0.190. The molecule has 1 saturated heterocycles. The van der Waals surface area contributed by atoms with Crippen molar-refractivity contribution in [2.75, 3.05) is 17.6 Å². The molecule has 1 aliphatic heterocycles. The molecule has 5 rings (SSSR count). The number of aromatic nitrogens is 5. The van der Waals surface area contributed by atoms with Crippen molar-refractivity contribution in [2.24, 2.45) is 0 Å². The van der Waals surface area contributed by atoms with Gasteiger partial charge in [-0.3, -0.25) is 14.8 Å². The Kier molecular flexibility index (Phi) is 5.50. The molecular formula is C21H18Cl2N8O3. The first-order valence-electron chi connectivity index (χ1n) is 10.2. The van der Waals surface area contributed by atoms with E-state index in [4.69, 9.17) is 28.9 Å². The topological polar surface area (TPSA) is 155 Å². The number of hydrogen-bond donors (Lipinski definition) is 4. The van der Waals surface area contributed by atoms with E-state index in [1.165, 1.54) is 6.07 Å². The molecule has 0 aliphatic carbocycles. The van der Waals surface area contributed by atoms with Crippen LogP contribution in [0.1, 0.15) is 12.5 Å². The molecule has 34 heavy (non-hydrogen) atoms. The minimum atomic E-state index is -1.20. The second-order valence-electron chi connectivity index (χ2n) is 7.91. The van der Waals surface area contributed by atoms with E-state index in [0.29, 0.717) is 22.2 Å². The molecule has 1 fully saturated rings. The monoisotopic (exact) mass is 500 g/mol. The molecule has 13 heteroatoms. The summed E-state index contributed by atoms with van der Waals surface area (Å²) in [7, 11) is 0. The van der Waals surface area contributed by atoms with Gasteiger partial charge in [-0.2, -0.15) is 5.10 Å². The van der Waals surface area contributed by atoms with Gasteiger partial charge in [0.1, 0.15) is 11.7 Å². The van der Waals surface area contributed by atoms with Gasteiger partial charge in [0.05, 0.1) is 28.5 Å². The molecule has 2 aromatic carbocycles. The van der Waals surface area contributed by atoms with Crippen LogP contribution in [0.15, 0.2) is 42.6 Å². The average molecular weight is 501 g/mol. The first-order chi connectivity index (χ1) is 16.3. The van der Waals surface area contributed by atoms with E-state index >= 15 is 0 Å². The van der Waals surface area contributed by atoms with Gasteiger partial charge < -0.3 is 16.2 Å². The Hall–Kier alpha value is -3.83. The maximum atomic E-state index is 12.9. The molecule has 3 heterocycles. The van der Waals surface area contributed by atoms with E-state index in [0.717, 1.165) is 21.4 Å². The zero-order chi connectivity index (χ0) is 24.0. The van der Waals surface area contributed by atoms with Gasteiger partial charge in [-0.15, -0.1) is 5.10 Å². The highest BCUT2D eigenvalue weighted by Crippen LogP contribution is 2.31. The average Bonchev–Trinajstić information content (AvgIpc) is 3.54. The lowest BCUT2D eigenvalue weighted by molar-refractivity contribution is -0.119. The number of benzene rings is 2. The van der Waals surface area contributed by atoms with Crippen LogP contribution in [0.4, 0.5) is 16.3 Å². The summed E-state index contributed by atoms with van der Waals surface area (Å²) in [4.78, 5) is 25.9. The van der Waals surface area contributed by atoms with Crippen molar-refractivity contribution >= 4 is 57.6 Å². The number of carbonyl (C=O) groups excluding carboxylic acids is 1. The molecule has 4 aromatic rings. The van der Waals surface area contributed by atoms with Gasteiger partial charge in [-0.05, 0) is 30.3 Å². The summed E-state index contributed by atoms with van der Waals surface area (Å²) in [5, 5.41) is 29.1. The van der Waals surface area contributed by atoms with Crippen molar-refractivity contribution in [3.63, 3.8) is 0 Å². The number of nitrogens with two attached hydrogens (primary N) is 1. The molecule has 5 N–H and O–H groups in total. The Morgan fingerprint density at radius 1 is 1.21 bits per heavy atom. The molecule has 2 amide bonds. The third kappa shape index (κ3) is 3.99. The van der Waals surface area contributed by atoms with Gasteiger partial charge in [0.15, 0.2) is 5.82 Å². The third-order valence-corrected chi connectivity index (χ3v) is 6.34. The van der Waals surface area contributed by atoms with Crippen LogP contribution in [0.25, 0.3) is 22.2 Å². The first-order valence-corrected chi connectivity index (χ1v) is 11.0. The standard InChI is InChI=1S/C21H18Cl2N8O3/c22-11-2-4-15(14(23)6-11)25-20(32)18-7-12(8-30(18)21(33)34)31-9-17(27-29-31)10-1-3-13-16(5-10)26-28-19(13)24/h1-6,9,12,18H,7-8H2,(H,25,32)(H,33,34)(H3,24,26,28)/t12-,18-/m0/s1. The minimum absolute atomic E-state index is 0.0840. The van der Waals surface area contributed by atoms with Crippen LogP contribution in [0, 0.1) is 0 Å². The molecule has 11 nitrogen and oxygen atoms in total. The Labute approximate surface area is 202 Å². The zero-order valence-corrected chi connectivity index (χ0v) is 19.0. The number of nitrogen functional groups attached to an aromatic ring is 1. The number of nitrogens with one attached hydrogen (secondary N) is 2. The lowest BCUT2D eigenvalue weighted by Crippen LogP contribution is -2.42. The summed E-state index contributed by atoms with van der Waals surface area (Å²) in [6, 6.07) is 8.90. The normalized spacial score (nSPS) is 17.9. The number of anilines is 2. The molecule has 0 saturated carbocycles. The maximum absolute atomic E-state index is 12.9. The van der Waals surface area contributed by atoms with Gasteiger partial charge >= 0.3 is 6.09 Å². The Morgan fingerprint density at radius 2 is 2.03 bits per heavy atom. The van der Waals surface area contributed by atoms with E-state index in [1.807, 2.05) is 18.2 Å². The predicted molar refractivity (Wildman–Crippen MR) is 127 cm³/mol. The maximum Gasteiger partial charge on any atom is 0.408 e. The van der Waals surface area contributed by atoms with E-state index in [1.54, 1.807) is 23.0 Å². The van der Waals surface area contributed by atoms with Crippen molar-refractivity contribution in [3.8, 4) is 11.3 Å². The Bertz CT molecular complexity index is 1420. The highest BCUT2D eigenvalue weighted by atomic mass is 35.5. The smallest absolute Gasteiger partial charge is 0.408 e. The lowest BCUT2D eigenvalue weighted by atomic mass is 10.1. The molecular weight excluding hydrogens is 483 g/mol. The van der Waals surface area contributed by atoms with Crippen molar-refractivity contribution in [2.45, 2.75) is 18.5 Å². The van der Waals surface area contributed by atoms with Gasteiger partial charge in [-0.1, -0.05) is 34.5 Å². The van der Waals surface area contributed by atoms with Crippen LogP contribution in [0.5, 0.6) is 0 Å². The fourth-order valence-corrected chi connectivity index (χ4v) is 4.52. The molecule has 0 spiro atoms. The van der Waals surface area contributed by atoms with E-state index < -0.39 is 18.0 Å². The molecule has 174 valence electrons. The SMILES string of the molecule is Nc1n[nH]c2cc(-c3cn([C@H]4C[C@@H](C(=O)Nc5ccc(Cl)cc5Cl)N(C(=O)O)C4)nn3)ccc12. The van der Waals surface area contributed by atoms with E-state index in [-0.39, 0.29) is 24.0 Å². The molecule has 1 aliphatic rings. The zero-order valence-electron chi connectivity index (χ0n) is 17.4. The number of nitrogens with zero attached hydrogens (tertiary/aromatic N) is 5. The van der Waals surface area contributed by atoms with Gasteiger partial charge in [0, 0.05) is 28.9 Å². The number of likely N-dealkylation sites (tertiary alicyclic amines) is 1. The predicted octanol–water partition coefficient (Wildman–Crippen LogP) is 3.64. The number of aromatic amines is 1. The van der Waals surface area contributed by atoms with Gasteiger partial charge in [0.2, 0.25) is 5.91 Å². The highest BCUT2D eigenvalue weighted by Gasteiger charge is 2.41. The second kappa shape index (κ2) is 8.50. The molecule has 2 aromatic heterocycles. The van der Waals surface area contributed by atoms with Crippen molar-refractivity contribution in [1.82, 2.24) is 30.1 Å². The van der Waals surface area contributed by atoms with E-state index in [9.17, 15) is 14.7 Å². The van der Waals surface area contributed by atoms with Gasteiger partial charge in [-0.25, -0.2) is 9.48 Å². The number of fused-ring (bicyclic) bond motifs is 1. The van der Waals surface area contributed by atoms with Crippen molar-refractivity contribution < 1.29 is 14.7 Å². The largest absolute Gasteiger partial charge is 0.465 e. The quantitative estimate of drug-likeness (QED) is 0.333. The number of amides is 2. The van der Waals surface area contributed by atoms with Crippen LogP contribution in [0.2, 0.25) is 10.0 Å². The van der Waals surface area contributed by atoms with Crippen molar-refractivity contribution in [1.29, 1.82) is 0 Å². The van der Waals surface area contributed by atoms with Crippen LogP contribution >= 0.6 is 23.2 Å². The summed E-state index contributed by atoms with van der Waals surface area (Å²) in [5.74, 6) is -0.0779. The van der Waals surface area contributed by atoms with Crippen LogP contribution in [0.3, 0.4) is 0 Å². The minimum Gasteiger partial charge on any atom is -0.465 e. The number of H-pyrrole nitrogens is 1. The Morgan fingerprint density at radius 3 is 2.79 bits per heavy atom. The van der Waals surface area contributed by atoms with Gasteiger partial charge in [0.25, 0.3) is 0 Å². The molecule has 0 radical (unpaired) electrons. The Balaban J connectivity index is 1.36. The fourth-order valence-electron chi connectivity index (χ4n) is 4.06. The first kappa shape index (κ1) is 22.0. The molecule has 2 atom stereocenters. The number of carbonyl (C=O) groups is 2. The summed E-state index contributed by atoms with van der Waals surface area (Å²) < 4.78 is 1.58. The highest BCUT2D eigenvalue weighted by molar-refractivity contribution is 6.36. The number of hydrogen-bond acceptors (Lipinski definition) is 6. The second-order valence-corrected chi connectivity index (χ2v) is 8.75. The van der Waals surface area contributed by atoms with Crippen LogP contribution < -0.4 is 11.1 Å². The molecule has 0 unspecified atom stereocenters. The van der Waals surface area contributed by atoms with E-state index in [2.05, 4.69) is 25.8 Å². The number of halogens is 2. The summed E-state index contributed by atoms with van der Waals surface area (Å²) in [6.07, 6.45) is 0.747. The van der Waals surface area contributed by atoms with Crippen LogP contribution in [-0.4, -0.2) is 59.8 Å². The number of carboxylic acid groups (broad SMARTS) is 1. The summed E-state index contributed by atoms with van der Waals surface area (Å²) >= 11 is 12.0. The third-order valence-electron chi connectivity index (χ3n) is 5.79. The summed E-state index contributed by atoms with van der Waals surface area (Å²) in [5.41, 5.74) is 8.32. The molecule has 0 bridgehead atoms. The lowest BCUT2D eigenvalue weighted by Gasteiger charge is -2.20. The summed E-state index contributed by atoms with van der Waals surface area (Å²) in [6.45, 7) is 0.0840. The van der Waals surface area contributed by atoms with Crippen LogP contribution in [-0.2, 0) is 4.79 Å². The number of rotatable bonds is 4. The van der Waals surface area contributed by atoms with Crippen molar-refractivity contribution in [3.05, 3.63) is 52.6 Å².